The Hall–Kier alpha value is -0.870. The molecule has 2 rings (SSSR count). The molecule has 2 unspecified atom stereocenters. The van der Waals surface area contributed by atoms with Crippen LogP contribution in [0.2, 0.25) is 0 Å². The van der Waals surface area contributed by atoms with Crippen LogP contribution in [-0.4, -0.2) is 35.1 Å². The lowest BCUT2D eigenvalue weighted by atomic mass is 10.0. The van der Waals surface area contributed by atoms with Crippen molar-refractivity contribution in [3.05, 3.63) is 34.3 Å². The molecule has 3 nitrogen and oxygen atoms in total. The van der Waals surface area contributed by atoms with Crippen molar-refractivity contribution in [2.75, 3.05) is 13.1 Å². The van der Waals surface area contributed by atoms with Gasteiger partial charge in [-0.15, -0.1) is 0 Å². The highest BCUT2D eigenvalue weighted by molar-refractivity contribution is 9.10. The van der Waals surface area contributed by atoms with E-state index in [2.05, 4.69) is 22.0 Å². The summed E-state index contributed by atoms with van der Waals surface area (Å²) in [7, 11) is 0. The molecule has 1 N–H and O–H groups in total. The average molecular weight is 326 g/mol. The highest BCUT2D eigenvalue weighted by Gasteiger charge is 2.28. The molecule has 4 heteroatoms. The third-order valence-corrected chi connectivity index (χ3v) is 4.27. The fraction of sp³-hybridized carbons (Fsp3) is 0.533. The summed E-state index contributed by atoms with van der Waals surface area (Å²) in [6.45, 7) is 3.29. The minimum Gasteiger partial charge on any atom is -0.393 e. The maximum atomic E-state index is 12.1. The van der Waals surface area contributed by atoms with Gasteiger partial charge in [0.2, 0.25) is 5.91 Å². The van der Waals surface area contributed by atoms with Crippen molar-refractivity contribution in [3.63, 3.8) is 0 Å². The maximum Gasteiger partial charge on any atom is 0.222 e. The van der Waals surface area contributed by atoms with Crippen LogP contribution in [0.4, 0.5) is 0 Å². The van der Waals surface area contributed by atoms with Crippen molar-refractivity contribution in [2.24, 2.45) is 5.92 Å². The predicted octanol–water partition coefficient (Wildman–Crippen LogP) is 2.61. The molecule has 0 aliphatic carbocycles. The molecule has 1 heterocycles. The van der Waals surface area contributed by atoms with E-state index in [4.69, 9.17) is 0 Å². The second-order valence-electron chi connectivity index (χ2n) is 5.26. The van der Waals surface area contributed by atoms with E-state index in [9.17, 15) is 9.90 Å². The Morgan fingerprint density at radius 1 is 1.58 bits per heavy atom. The molecule has 0 aromatic heterocycles. The van der Waals surface area contributed by atoms with Gasteiger partial charge >= 0.3 is 0 Å². The molecule has 2 atom stereocenters. The maximum absolute atomic E-state index is 12.1. The zero-order valence-corrected chi connectivity index (χ0v) is 12.8. The van der Waals surface area contributed by atoms with Crippen LogP contribution in [0, 0.1) is 5.92 Å². The highest BCUT2D eigenvalue weighted by Crippen LogP contribution is 2.21. The lowest BCUT2D eigenvalue weighted by molar-refractivity contribution is -0.130. The van der Waals surface area contributed by atoms with Crippen LogP contribution in [0.15, 0.2) is 28.7 Å². The van der Waals surface area contributed by atoms with Gasteiger partial charge in [-0.3, -0.25) is 4.79 Å². The van der Waals surface area contributed by atoms with Gasteiger partial charge < -0.3 is 10.0 Å². The second-order valence-corrected chi connectivity index (χ2v) is 6.17. The summed E-state index contributed by atoms with van der Waals surface area (Å²) in [4.78, 5) is 14.0. The van der Waals surface area contributed by atoms with E-state index in [-0.39, 0.29) is 17.9 Å². The van der Waals surface area contributed by atoms with Crippen molar-refractivity contribution in [2.45, 2.75) is 32.3 Å². The number of rotatable bonds is 4. The normalized spacial score (nSPS) is 20.6. The fourth-order valence-corrected chi connectivity index (χ4v) is 2.96. The number of carbonyl (C=O) groups excluding carboxylic acids is 1. The lowest BCUT2D eigenvalue weighted by Gasteiger charge is -2.17. The number of carbonyl (C=O) groups is 1. The molecule has 1 aliphatic heterocycles. The summed E-state index contributed by atoms with van der Waals surface area (Å²) in [5.74, 6) is 0.443. The second kappa shape index (κ2) is 6.53. The first kappa shape index (κ1) is 14.5. The lowest BCUT2D eigenvalue weighted by Crippen LogP contribution is -2.30. The quantitative estimate of drug-likeness (QED) is 0.924. The van der Waals surface area contributed by atoms with Crippen LogP contribution >= 0.6 is 15.9 Å². The van der Waals surface area contributed by atoms with Gasteiger partial charge in [0.1, 0.15) is 0 Å². The van der Waals surface area contributed by atoms with E-state index in [1.807, 2.05) is 23.1 Å². The summed E-state index contributed by atoms with van der Waals surface area (Å²) in [6.07, 6.45) is 1.92. The third-order valence-electron chi connectivity index (χ3n) is 3.78. The molecule has 0 bridgehead atoms. The van der Waals surface area contributed by atoms with E-state index in [0.717, 1.165) is 23.9 Å². The van der Waals surface area contributed by atoms with E-state index in [0.29, 0.717) is 13.0 Å². The molecule has 1 aromatic rings. The van der Waals surface area contributed by atoms with Crippen LogP contribution in [0.25, 0.3) is 0 Å². The first-order valence-electron chi connectivity index (χ1n) is 6.76. The zero-order valence-electron chi connectivity index (χ0n) is 11.2. The molecule has 0 spiro atoms. The number of likely N-dealkylation sites (tertiary alicyclic amines) is 1. The van der Waals surface area contributed by atoms with Crippen LogP contribution < -0.4 is 0 Å². The number of benzene rings is 1. The first-order chi connectivity index (χ1) is 9.06. The van der Waals surface area contributed by atoms with Crippen LogP contribution in [0.3, 0.4) is 0 Å². The van der Waals surface area contributed by atoms with E-state index < -0.39 is 0 Å². The largest absolute Gasteiger partial charge is 0.393 e. The number of amides is 1. The number of halogens is 1. The van der Waals surface area contributed by atoms with Gasteiger partial charge in [-0.25, -0.2) is 0 Å². The van der Waals surface area contributed by atoms with Gasteiger partial charge in [-0.05, 0) is 37.5 Å². The van der Waals surface area contributed by atoms with Crippen LogP contribution in [0.5, 0.6) is 0 Å². The van der Waals surface area contributed by atoms with Crippen molar-refractivity contribution < 1.29 is 9.90 Å². The number of aliphatic hydroxyl groups is 1. The molecule has 1 aromatic carbocycles. The average Bonchev–Trinajstić information content (AvgIpc) is 2.86. The number of hydrogen-bond acceptors (Lipinski definition) is 2. The van der Waals surface area contributed by atoms with Crippen molar-refractivity contribution in [1.82, 2.24) is 4.90 Å². The van der Waals surface area contributed by atoms with E-state index in [1.54, 1.807) is 6.92 Å². The SMILES string of the molecule is CC(O)C1CCN(C(=O)CCc2cccc(Br)c2)C1. The molecule has 104 valence electrons. The van der Waals surface area contributed by atoms with Gasteiger partial charge in [-0.2, -0.15) is 0 Å². The molecular weight excluding hydrogens is 306 g/mol. The molecular formula is C15H20BrNO2. The fourth-order valence-electron chi connectivity index (χ4n) is 2.51. The van der Waals surface area contributed by atoms with Gasteiger partial charge in [0.05, 0.1) is 6.10 Å². The highest BCUT2D eigenvalue weighted by atomic mass is 79.9. The van der Waals surface area contributed by atoms with Crippen molar-refractivity contribution >= 4 is 21.8 Å². The van der Waals surface area contributed by atoms with Crippen molar-refractivity contribution in [1.29, 1.82) is 0 Å². The molecule has 19 heavy (non-hydrogen) atoms. The number of aliphatic hydroxyl groups excluding tert-OH is 1. The zero-order chi connectivity index (χ0) is 13.8. The minimum atomic E-state index is -0.317. The molecule has 1 aliphatic rings. The number of aryl methyl sites for hydroxylation is 1. The van der Waals surface area contributed by atoms with E-state index in [1.165, 1.54) is 5.56 Å². The topological polar surface area (TPSA) is 40.5 Å². The minimum absolute atomic E-state index is 0.197. The molecule has 1 amide bonds. The van der Waals surface area contributed by atoms with Gasteiger partial charge in [0.15, 0.2) is 0 Å². The Morgan fingerprint density at radius 3 is 3.00 bits per heavy atom. The van der Waals surface area contributed by atoms with Crippen LogP contribution in [-0.2, 0) is 11.2 Å². The molecule has 0 radical (unpaired) electrons. The number of nitrogens with zero attached hydrogens (tertiary/aromatic N) is 1. The summed E-state index contributed by atoms with van der Waals surface area (Å²) in [5, 5.41) is 9.55. The Kier molecular flexibility index (Phi) is 4.99. The Balaban J connectivity index is 1.82. The monoisotopic (exact) mass is 325 g/mol. The molecule has 1 saturated heterocycles. The Bertz CT molecular complexity index is 448. The summed E-state index contributed by atoms with van der Waals surface area (Å²) in [5.41, 5.74) is 1.17. The van der Waals surface area contributed by atoms with Crippen molar-refractivity contribution in [3.8, 4) is 0 Å². The van der Waals surface area contributed by atoms with E-state index >= 15 is 0 Å². The predicted molar refractivity (Wildman–Crippen MR) is 78.8 cm³/mol. The standard InChI is InChI=1S/C15H20BrNO2/c1-11(18)13-7-8-17(10-13)15(19)6-5-12-3-2-4-14(16)9-12/h2-4,9,11,13,18H,5-8,10H2,1H3. The first-order valence-corrected chi connectivity index (χ1v) is 7.56. The molecule has 0 saturated carbocycles. The van der Waals surface area contributed by atoms with Gasteiger partial charge in [0, 0.05) is 29.9 Å². The summed E-state index contributed by atoms with van der Waals surface area (Å²) >= 11 is 3.44. The van der Waals surface area contributed by atoms with Crippen LogP contribution in [0.1, 0.15) is 25.3 Å². The third kappa shape index (κ3) is 4.05. The molecule has 1 fully saturated rings. The summed E-state index contributed by atoms with van der Waals surface area (Å²) < 4.78 is 1.05. The summed E-state index contributed by atoms with van der Waals surface area (Å²) in [6, 6.07) is 8.07. The van der Waals surface area contributed by atoms with Gasteiger partial charge in [-0.1, -0.05) is 28.1 Å². The Morgan fingerprint density at radius 2 is 2.37 bits per heavy atom. The Labute approximate surface area is 122 Å². The van der Waals surface area contributed by atoms with Gasteiger partial charge in [0.25, 0.3) is 0 Å². The number of hydrogen-bond donors (Lipinski definition) is 1. The smallest absolute Gasteiger partial charge is 0.222 e.